The number of aliphatic carboxylic acids is 2. The van der Waals surface area contributed by atoms with Crippen molar-refractivity contribution in [3.63, 3.8) is 0 Å². The van der Waals surface area contributed by atoms with E-state index in [0.29, 0.717) is 12.8 Å². The molecule has 0 saturated heterocycles. The lowest BCUT2D eigenvalue weighted by Gasteiger charge is -2.22. The predicted octanol–water partition coefficient (Wildman–Crippen LogP) is 5.46. The van der Waals surface area contributed by atoms with Crippen molar-refractivity contribution in [2.45, 2.75) is 61.3 Å². The topological polar surface area (TPSA) is 119 Å². The predicted molar refractivity (Wildman–Crippen MR) is 145 cm³/mol. The molecule has 36 heavy (non-hydrogen) atoms. The van der Waals surface area contributed by atoms with Crippen LogP contribution in [-0.2, 0) is 15.3 Å². The van der Waals surface area contributed by atoms with Crippen LogP contribution in [0, 0.1) is 6.92 Å². The molecule has 2 aromatic heterocycles. The number of aromatic nitrogens is 3. The minimum atomic E-state index is -0.763. The molecule has 194 valence electrons. The van der Waals surface area contributed by atoms with Crippen molar-refractivity contribution in [1.82, 2.24) is 19.9 Å². The van der Waals surface area contributed by atoms with Crippen LogP contribution in [0.1, 0.15) is 49.8 Å². The molecule has 3 N–H and O–H groups in total. The molecule has 0 bridgehead atoms. The number of carbonyl (C=O) groups is 2. The van der Waals surface area contributed by atoms with Gasteiger partial charge in [-0.3, -0.25) is 14.6 Å². The van der Waals surface area contributed by atoms with Gasteiger partial charge in [0.05, 0.1) is 16.7 Å². The summed E-state index contributed by atoms with van der Waals surface area (Å²) in [5.41, 5.74) is 4.22. The smallest absolute Gasteiger partial charge is 0.303 e. The number of benzene rings is 1. The average Bonchev–Trinajstić information content (AvgIpc) is 3.27. The molecule has 3 aromatic rings. The van der Waals surface area contributed by atoms with Gasteiger partial charge in [-0.15, -0.1) is 11.8 Å². The monoisotopic (exact) mass is 530 g/mol. The fraction of sp³-hybridized carbons (Fsp3) is 0.462. The van der Waals surface area contributed by atoms with Gasteiger partial charge in [-0.1, -0.05) is 23.9 Å². The van der Waals surface area contributed by atoms with E-state index < -0.39 is 11.9 Å². The molecule has 0 saturated carbocycles. The number of rotatable bonds is 17. The van der Waals surface area contributed by atoms with E-state index in [1.165, 1.54) is 10.5 Å². The maximum absolute atomic E-state index is 10.8. The van der Waals surface area contributed by atoms with Crippen LogP contribution in [0.3, 0.4) is 0 Å². The van der Waals surface area contributed by atoms with Crippen LogP contribution in [0.4, 0.5) is 0 Å². The maximum atomic E-state index is 10.8. The molecular weight excluding hydrogens is 496 g/mol. The van der Waals surface area contributed by atoms with Gasteiger partial charge in [-0.05, 0) is 69.5 Å². The first-order valence-corrected chi connectivity index (χ1v) is 14.2. The zero-order valence-corrected chi connectivity index (χ0v) is 22.2. The minimum Gasteiger partial charge on any atom is -0.481 e. The maximum Gasteiger partial charge on any atom is 0.303 e. The number of para-hydroxylation sites is 2. The van der Waals surface area contributed by atoms with Gasteiger partial charge in [0, 0.05) is 42.0 Å². The molecule has 0 aliphatic rings. The van der Waals surface area contributed by atoms with Gasteiger partial charge in [-0.2, -0.15) is 0 Å². The van der Waals surface area contributed by atoms with E-state index in [4.69, 9.17) is 10.2 Å². The fourth-order valence-electron chi connectivity index (χ4n) is 3.84. The van der Waals surface area contributed by atoms with Crippen molar-refractivity contribution in [3.8, 4) is 0 Å². The number of carboxylic acid groups (broad SMARTS) is 2. The normalized spacial score (nSPS) is 11.4. The second-order valence-electron chi connectivity index (χ2n) is 8.62. The zero-order chi connectivity index (χ0) is 25.8. The summed E-state index contributed by atoms with van der Waals surface area (Å²) < 4.78 is 0. The highest BCUT2D eigenvalue weighted by molar-refractivity contribution is 7.99. The third-order valence-corrected chi connectivity index (χ3v) is 7.89. The molecule has 0 unspecified atom stereocenters. The third-order valence-electron chi connectivity index (χ3n) is 5.87. The Morgan fingerprint density at radius 1 is 0.944 bits per heavy atom. The number of H-pyrrole nitrogens is 1. The zero-order valence-electron chi connectivity index (χ0n) is 20.6. The summed E-state index contributed by atoms with van der Waals surface area (Å²) in [4.78, 5) is 37.7. The van der Waals surface area contributed by atoms with Gasteiger partial charge in [0.15, 0.2) is 5.16 Å². The van der Waals surface area contributed by atoms with E-state index in [0.717, 1.165) is 65.9 Å². The molecule has 0 aliphatic heterocycles. The molecular formula is C26H34N4O4S2. The van der Waals surface area contributed by atoms with Gasteiger partial charge in [-0.25, -0.2) is 4.98 Å². The number of nitrogens with one attached hydrogen (secondary N) is 1. The number of fused-ring (bicyclic) bond motifs is 1. The highest BCUT2D eigenvalue weighted by Gasteiger charge is 2.11. The fourth-order valence-corrected chi connectivity index (χ4v) is 5.81. The van der Waals surface area contributed by atoms with E-state index in [-0.39, 0.29) is 12.8 Å². The van der Waals surface area contributed by atoms with Crippen molar-refractivity contribution < 1.29 is 19.8 Å². The molecule has 0 radical (unpaired) electrons. The lowest BCUT2D eigenvalue weighted by molar-refractivity contribution is -0.138. The van der Waals surface area contributed by atoms with Crippen LogP contribution in [-0.4, -0.2) is 67.4 Å². The van der Waals surface area contributed by atoms with Crippen LogP contribution in [0.25, 0.3) is 11.0 Å². The van der Waals surface area contributed by atoms with Crippen LogP contribution in [0.2, 0.25) is 0 Å². The van der Waals surface area contributed by atoms with E-state index in [1.54, 1.807) is 23.5 Å². The highest BCUT2D eigenvalue weighted by atomic mass is 32.2. The standard InChI is InChI=1S/C26H34N4O4S2/c1-19-22(18-36-26-28-20-8-2-3-9-21(20)29-26)27-13-12-23(19)35-17-16-30(14-6-4-10-24(31)32)15-7-5-11-25(33)34/h2-3,8-9,12-13H,4-7,10-11,14-18H2,1H3,(H,28,29)(H,31,32)(H,33,34). The van der Waals surface area contributed by atoms with E-state index in [9.17, 15) is 9.59 Å². The van der Waals surface area contributed by atoms with Gasteiger partial charge in [0.1, 0.15) is 0 Å². The SMILES string of the molecule is Cc1c(SCCN(CCCCC(=O)O)CCCCC(=O)O)ccnc1CSc1nc2ccccc2[nH]1. The van der Waals surface area contributed by atoms with Crippen molar-refractivity contribution >= 4 is 46.5 Å². The Kier molecular flexibility index (Phi) is 11.6. The number of hydrogen-bond acceptors (Lipinski definition) is 7. The summed E-state index contributed by atoms with van der Waals surface area (Å²) in [7, 11) is 0. The van der Waals surface area contributed by atoms with Crippen LogP contribution < -0.4 is 0 Å². The van der Waals surface area contributed by atoms with Gasteiger partial charge in [0.25, 0.3) is 0 Å². The average molecular weight is 531 g/mol. The van der Waals surface area contributed by atoms with Gasteiger partial charge in [0.2, 0.25) is 0 Å². The Morgan fingerprint density at radius 3 is 2.31 bits per heavy atom. The number of pyridine rings is 1. The molecule has 0 fully saturated rings. The Balaban J connectivity index is 1.50. The number of imidazole rings is 1. The van der Waals surface area contributed by atoms with E-state index in [1.807, 2.05) is 30.5 Å². The molecule has 1 aromatic carbocycles. The first kappa shape index (κ1) is 28.0. The highest BCUT2D eigenvalue weighted by Crippen LogP contribution is 2.28. The quantitative estimate of drug-likeness (QED) is 0.154. The van der Waals surface area contributed by atoms with Gasteiger partial charge >= 0.3 is 11.9 Å². The lowest BCUT2D eigenvalue weighted by Crippen LogP contribution is -2.28. The summed E-state index contributed by atoms with van der Waals surface area (Å²) in [6, 6.07) is 10.1. The number of nitrogens with zero attached hydrogens (tertiary/aromatic N) is 3. The first-order chi connectivity index (χ1) is 17.4. The second kappa shape index (κ2) is 14.9. The molecule has 10 heteroatoms. The Bertz CT molecular complexity index is 1080. The van der Waals surface area contributed by atoms with E-state index >= 15 is 0 Å². The molecule has 2 heterocycles. The van der Waals surface area contributed by atoms with Gasteiger partial charge < -0.3 is 20.1 Å². The Labute approximate surface area is 220 Å². The molecule has 0 amide bonds. The molecule has 0 aliphatic carbocycles. The number of hydrogen-bond donors (Lipinski definition) is 3. The lowest BCUT2D eigenvalue weighted by atomic mass is 10.2. The molecule has 3 rings (SSSR count). The largest absolute Gasteiger partial charge is 0.481 e. The van der Waals surface area contributed by atoms with Crippen LogP contribution in [0.15, 0.2) is 46.6 Å². The van der Waals surface area contributed by atoms with Crippen molar-refractivity contribution in [2.24, 2.45) is 0 Å². The first-order valence-electron chi connectivity index (χ1n) is 12.2. The molecule has 8 nitrogen and oxygen atoms in total. The van der Waals surface area contributed by atoms with Crippen LogP contribution >= 0.6 is 23.5 Å². The molecule has 0 spiro atoms. The Hall–Kier alpha value is -2.56. The molecule has 0 atom stereocenters. The summed E-state index contributed by atoms with van der Waals surface area (Å²) >= 11 is 3.45. The van der Waals surface area contributed by atoms with Crippen LogP contribution in [0.5, 0.6) is 0 Å². The number of aromatic amines is 1. The number of thioether (sulfide) groups is 2. The van der Waals surface area contributed by atoms with Crippen molar-refractivity contribution in [2.75, 3.05) is 25.4 Å². The van der Waals surface area contributed by atoms with E-state index in [2.05, 4.69) is 32.8 Å². The summed E-state index contributed by atoms with van der Waals surface area (Å²) in [6.07, 6.45) is 5.20. The van der Waals surface area contributed by atoms with Crippen molar-refractivity contribution in [3.05, 3.63) is 47.8 Å². The summed E-state index contributed by atoms with van der Waals surface area (Å²) in [5.74, 6) is 0.111. The summed E-state index contributed by atoms with van der Waals surface area (Å²) in [6.45, 7) is 4.64. The Morgan fingerprint density at radius 2 is 1.64 bits per heavy atom. The van der Waals surface area contributed by atoms with Crippen molar-refractivity contribution in [1.29, 1.82) is 0 Å². The second-order valence-corrected chi connectivity index (χ2v) is 10.7. The number of carboxylic acids is 2. The third kappa shape index (κ3) is 9.48. The number of unbranched alkanes of at least 4 members (excludes halogenated alkanes) is 2. The summed E-state index contributed by atoms with van der Waals surface area (Å²) in [5, 5.41) is 18.6. The minimum absolute atomic E-state index is 0.187.